The Balaban J connectivity index is 1.90. The summed E-state index contributed by atoms with van der Waals surface area (Å²) in [4.78, 5) is 4.94. The minimum absolute atomic E-state index is 0.0657. The Morgan fingerprint density at radius 1 is 1.00 bits per heavy atom. The van der Waals surface area contributed by atoms with Crippen LogP contribution in [0, 0.1) is 0 Å². The molecule has 0 aliphatic rings. The van der Waals surface area contributed by atoms with Gasteiger partial charge in [0.2, 0.25) is 0 Å². The van der Waals surface area contributed by atoms with E-state index in [2.05, 4.69) is 42.0 Å². The van der Waals surface area contributed by atoms with Crippen molar-refractivity contribution in [2.75, 3.05) is 7.11 Å². The Kier molecular flexibility index (Phi) is 7.26. The number of nitrogens with two attached hydrogens (primary N) is 1. The summed E-state index contributed by atoms with van der Waals surface area (Å²) in [5, 5.41) is 0. The van der Waals surface area contributed by atoms with Gasteiger partial charge < -0.3 is 15.0 Å². The summed E-state index contributed by atoms with van der Waals surface area (Å²) < 4.78 is 7.73. The number of para-hydroxylation sites is 1. The number of hydrogen-bond acceptors (Lipinski definition) is 3. The first-order valence-corrected chi connectivity index (χ1v) is 10.2. The van der Waals surface area contributed by atoms with Gasteiger partial charge >= 0.3 is 0 Å². The molecule has 3 aromatic rings. The van der Waals surface area contributed by atoms with E-state index in [0.717, 1.165) is 42.2 Å². The van der Waals surface area contributed by atoms with E-state index in [9.17, 15) is 0 Å². The van der Waals surface area contributed by atoms with Crippen molar-refractivity contribution in [3.05, 3.63) is 72.2 Å². The second kappa shape index (κ2) is 10.1. The maximum atomic E-state index is 6.58. The fourth-order valence-corrected chi connectivity index (χ4v) is 3.54. The third-order valence-corrected chi connectivity index (χ3v) is 5.09. The minimum atomic E-state index is -0.0657. The number of unbranched alkanes of at least 4 members (excludes halogenated alkanes) is 3. The molecule has 148 valence electrons. The predicted octanol–water partition coefficient (Wildman–Crippen LogP) is 5.58. The van der Waals surface area contributed by atoms with Crippen LogP contribution in [0.3, 0.4) is 0 Å². The van der Waals surface area contributed by atoms with Crippen molar-refractivity contribution in [2.45, 2.75) is 51.6 Å². The normalized spacial score (nSPS) is 12.1. The van der Waals surface area contributed by atoms with Crippen LogP contribution in [-0.4, -0.2) is 16.7 Å². The summed E-state index contributed by atoms with van der Waals surface area (Å²) >= 11 is 0. The van der Waals surface area contributed by atoms with E-state index in [-0.39, 0.29) is 6.04 Å². The standard InChI is InChI=1S/C24H31N3O/c1-3-4-5-9-15-21(25)24-26-22(20-14-10-11-16-23(20)28-2)18-27(24)17-19-12-7-6-8-13-19/h6-8,10-14,16,18,21H,3-5,9,15,17,25H2,1-2H3. The molecule has 1 aromatic heterocycles. The van der Waals surface area contributed by atoms with Crippen molar-refractivity contribution in [1.29, 1.82) is 0 Å². The predicted molar refractivity (Wildman–Crippen MR) is 115 cm³/mol. The summed E-state index contributed by atoms with van der Waals surface area (Å²) in [6.07, 6.45) is 7.91. The molecule has 1 heterocycles. The summed E-state index contributed by atoms with van der Waals surface area (Å²) in [7, 11) is 1.69. The third-order valence-electron chi connectivity index (χ3n) is 5.09. The highest BCUT2D eigenvalue weighted by Gasteiger charge is 2.18. The Morgan fingerprint density at radius 2 is 1.75 bits per heavy atom. The van der Waals surface area contributed by atoms with E-state index in [1.165, 1.54) is 24.8 Å². The number of imidazole rings is 1. The quantitative estimate of drug-likeness (QED) is 0.469. The number of ether oxygens (including phenoxy) is 1. The van der Waals surface area contributed by atoms with Crippen molar-refractivity contribution in [1.82, 2.24) is 9.55 Å². The molecule has 2 aromatic carbocycles. The second-order valence-corrected chi connectivity index (χ2v) is 7.25. The fourth-order valence-electron chi connectivity index (χ4n) is 3.54. The highest BCUT2D eigenvalue weighted by atomic mass is 16.5. The maximum Gasteiger partial charge on any atom is 0.128 e. The van der Waals surface area contributed by atoms with Crippen LogP contribution in [0.4, 0.5) is 0 Å². The highest BCUT2D eigenvalue weighted by Crippen LogP contribution is 2.30. The molecule has 0 aliphatic carbocycles. The molecule has 3 rings (SSSR count). The van der Waals surface area contributed by atoms with Crippen molar-refractivity contribution < 1.29 is 4.74 Å². The molecular weight excluding hydrogens is 346 g/mol. The van der Waals surface area contributed by atoms with Gasteiger partial charge in [-0.15, -0.1) is 0 Å². The smallest absolute Gasteiger partial charge is 0.128 e. The Hall–Kier alpha value is -2.59. The molecule has 0 spiro atoms. The zero-order valence-corrected chi connectivity index (χ0v) is 17.0. The van der Waals surface area contributed by atoms with Crippen LogP contribution in [0.2, 0.25) is 0 Å². The average Bonchev–Trinajstić information content (AvgIpc) is 3.15. The number of nitrogens with zero attached hydrogens (tertiary/aromatic N) is 2. The van der Waals surface area contributed by atoms with E-state index in [4.69, 9.17) is 15.5 Å². The SMILES string of the molecule is CCCCCCC(N)c1nc(-c2ccccc2OC)cn1Cc1ccccc1. The second-order valence-electron chi connectivity index (χ2n) is 7.25. The number of hydrogen-bond donors (Lipinski definition) is 1. The lowest BCUT2D eigenvalue weighted by Gasteiger charge is -2.14. The zero-order valence-electron chi connectivity index (χ0n) is 17.0. The van der Waals surface area contributed by atoms with E-state index >= 15 is 0 Å². The van der Waals surface area contributed by atoms with Crippen LogP contribution in [0.25, 0.3) is 11.3 Å². The van der Waals surface area contributed by atoms with E-state index in [1.807, 2.05) is 30.3 Å². The van der Waals surface area contributed by atoms with Crippen LogP contribution in [-0.2, 0) is 6.54 Å². The molecule has 2 N–H and O–H groups in total. The zero-order chi connectivity index (χ0) is 19.8. The first-order chi connectivity index (χ1) is 13.7. The lowest BCUT2D eigenvalue weighted by atomic mass is 10.1. The van der Waals surface area contributed by atoms with E-state index < -0.39 is 0 Å². The van der Waals surface area contributed by atoms with Gasteiger partial charge in [0.1, 0.15) is 11.6 Å². The summed E-state index contributed by atoms with van der Waals surface area (Å²) in [5.74, 6) is 1.77. The fraction of sp³-hybridized carbons (Fsp3) is 0.375. The highest BCUT2D eigenvalue weighted by molar-refractivity contribution is 5.66. The van der Waals surface area contributed by atoms with Gasteiger partial charge in [-0.2, -0.15) is 0 Å². The monoisotopic (exact) mass is 377 g/mol. The topological polar surface area (TPSA) is 53.1 Å². The van der Waals surface area contributed by atoms with E-state index in [1.54, 1.807) is 7.11 Å². The molecule has 4 heteroatoms. The van der Waals surface area contributed by atoms with Crippen molar-refractivity contribution in [2.24, 2.45) is 5.73 Å². The van der Waals surface area contributed by atoms with Gasteiger partial charge in [0.25, 0.3) is 0 Å². The Labute approximate surface area is 168 Å². The molecule has 0 bridgehead atoms. The van der Waals surface area contributed by atoms with Crippen LogP contribution in [0.5, 0.6) is 5.75 Å². The maximum absolute atomic E-state index is 6.58. The molecule has 0 saturated heterocycles. The molecular formula is C24H31N3O. The molecule has 1 unspecified atom stereocenters. The van der Waals surface area contributed by atoms with Gasteiger partial charge in [0.05, 0.1) is 18.8 Å². The number of benzene rings is 2. The van der Waals surface area contributed by atoms with Crippen LogP contribution < -0.4 is 10.5 Å². The molecule has 0 amide bonds. The molecule has 28 heavy (non-hydrogen) atoms. The number of methoxy groups -OCH3 is 1. The molecule has 0 radical (unpaired) electrons. The van der Waals surface area contributed by atoms with Gasteiger partial charge in [-0.3, -0.25) is 0 Å². The molecule has 4 nitrogen and oxygen atoms in total. The molecule has 1 atom stereocenters. The molecule has 0 saturated carbocycles. The van der Waals surface area contributed by atoms with Gasteiger partial charge in [0.15, 0.2) is 0 Å². The molecule has 0 fully saturated rings. The third kappa shape index (κ3) is 5.02. The summed E-state index contributed by atoms with van der Waals surface area (Å²) in [5.41, 5.74) is 9.73. The first kappa shape index (κ1) is 20.2. The van der Waals surface area contributed by atoms with Gasteiger partial charge in [-0.1, -0.05) is 75.1 Å². The van der Waals surface area contributed by atoms with Gasteiger partial charge in [-0.05, 0) is 24.1 Å². The summed E-state index contributed by atoms with van der Waals surface area (Å²) in [6, 6.07) is 18.4. The van der Waals surface area contributed by atoms with Crippen molar-refractivity contribution in [3.63, 3.8) is 0 Å². The van der Waals surface area contributed by atoms with Gasteiger partial charge in [0, 0.05) is 18.3 Å². The van der Waals surface area contributed by atoms with Gasteiger partial charge in [-0.25, -0.2) is 4.98 Å². The Morgan fingerprint density at radius 3 is 2.50 bits per heavy atom. The lowest BCUT2D eigenvalue weighted by Crippen LogP contribution is -2.17. The molecule has 0 aliphatic heterocycles. The largest absolute Gasteiger partial charge is 0.496 e. The van der Waals surface area contributed by atoms with E-state index in [0.29, 0.717) is 0 Å². The van der Waals surface area contributed by atoms with Crippen LogP contribution in [0.15, 0.2) is 60.8 Å². The minimum Gasteiger partial charge on any atom is -0.496 e. The van der Waals surface area contributed by atoms with Crippen molar-refractivity contribution in [3.8, 4) is 17.0 Å². The Bertz CT molecular complexity index is 857. The first-order valence-electron chi connectivity index (χ1n) is 10.2. The number of aromatic nitrogens is 2. The van der Waals surface area contributed by atoms with Crippen LogP contribution >= 0.6 is 0 Å². The lowest BCUT2D eigenvalue weighted by molar-refractivity contribution is 0.416. The van der Waals surface area contributed by atoms with Crippen LogP contribution in [0.1, 0.15) is 56.5 Å². The average molecular weight is 378 g/mol. The summed E-state index contributed by atoms with van der Waals surface area (Å²) in [6.45, 7) is 2.99. The number of rotatable bonds is 10. The van der Waals surface area contributed by atoms with Crippen molar-refractivity contribution >= 4 is 0 Å².